The van der Waals surface area contributed by atoms with E-state index in [-0.39, 0.29) is 12.5 Å². The molecule has 9 heteroatoms. The minimum atomic E-state index is -1.40. The van der Waals surface area contributed by atoms with Crippen molar-refractivity contribution < 1.29 is 19.5 Å². The van der Waals surface area contributed by atoms with Gasteiger partial charge in [0, 0.05) is 25.9 Å². The maximum Gasteiger partial charge on any atom is 0.250 e. The molecule has 0 saturated heterocycles. The van der Waals surface area contributed by atoms with Crippen molar-refractivity contribution in [1.29, 1.82) is 0 Å². The summed E-state index contributed by atoms with van der Waals surface area (Å²) in [6, 6.07) is 7.22. The number of nitrogens with zero attached hydrogens (tertiary/aromatic N) is 1. The fourth-order valence-electron chi connectivity index (χ4n) is 2.15. The summed E-state index contributed by atoms with van der Waals surface area (Å²) in [6.07, 6.45) is 0.409. The van der Waals surface area contributed by atoms with Gasteiger partial charge in [-0.15, -0.1) is 0 Å². The van der Waals surface area contributed by atoms with E-state index in [2.05, 4.69) is 10.6 Å². The Hall–Kier alpha value is -2.10. The lowest BCUT2D eigenvalue weighted by atomic mass is 10.1. The number of aliphatic hydroxyl groups is 1. The number of aliphatic hydroxyl groups excluding tert-OH is 1. The number of hydrogen-bond acceptors (Lipinski definition) is 6. The van der Waals surface area contributed by atoms with E-state index in [1.165, 1.54) is 16.7 Å². The molecule has 0 bridgehead atoms. The largest absolute Gasteiger partial charge is 0.382 e. The summed E-state index contributed by atoms with van der Waals surface area (Å²) in [5.41, 5.74) is 6.31. The van der Waals surface area contributed by atoms with Gasteiger partial charge < -0.3 is 26.4 Å². The molecule has 3 atom stereocenters. The Kier molecular flexibility index (Phi) is 17.8. The third kappa shape index (κ3) is 11.2. The topological polar surface area (TPSA) is 125 Å². The summed E-state index contributed by atoms with van der Waals surface area (Å²) in [5.74, 6) is -1.16. The molecule has 5 N–H and O–H groups in total. The SMILES string of the molecule is CC.CC.CSCC(N)C(O)C(=O)NCC(=O)NC(C(=O)N(C)C)c1ccccc1. The van der Waals surface area contributed by atoms with E-state index in [1.807, 2.05) is 40.0 Å². The Morgan fingerprint density at radius 3 is 2.10 bits per heavy atom. The molecule has 30 heavy (non-hydrogen) atoms. The summed E-state index contributed by atoms with van der Waals surface area (Å²) in [5, 5.41) is 14.7. The molecule has 0 heterocycles. The van der Waals surface area contributed by atoms with E-state index in [0.29, 0.717) is 11.3 Å². The zero-order chi connectivity index (χ0) is 23.7. The van der Waals surface area contributed by atoms with Crippen LogP contribution in [0.15, 0.2) is 30.3 Å². The lowest BCUT2D eigenvalue weighted by molar-refractivity contribution is -0.135. The molecule has 0 aliphatic rings. The third-order valence-corrected chi connectivity index (χ3v) is 4.30. The van der Waals surface area contributed by atoms with Crippen molar-refractivity contribution in [3.05, 3.63) is 35.9 Å². The number of nitrogens with two attached hydrogens (primary N) is 1. The van der Waals surface area contributed by atoms with E-state index in [1.54, 1.807) is 38.4 Å². The lowest BCUT2D eigenvalue weighted by Crippen LogP contribution is -2.50. The van der Waals surface area contributed by atoms with Crippen molar-refractivity contribution in [2.75, 3.05) is 32.6 Å². The lowest BCUT2D eigenvalue weighted by Gasteiger charge is -2.22. The van der Waals surface area contributed by atoms with Gasteiger partial charge in [0.05, 0.1) is 6.54 Å². The zero-order valence-electron chi connectivity index (χ0n) is 19.1. The predicted octanol–water partition coefficient (Wildman–Crippen LogP) is 1.15. The number of benzene rings is 1. The van der Waals surface area contributed by atoms with Gasteiger partial charge in [-0.2, -0.15) is 11.8 Å². The first-order valence-electron chi connectivity index (χ1n) is 10.0. The number of carbonyl (C=O) groups is 3. The van der Waals surface area contributed by atoms with Crippen molar-refractivity contribution in [3.8, 4) is 0 Å². The van der Waals surface area contributed by atoms with Gasteiger partial charge >= 0.3 is 0 Å². The highest BCUT2D eigenvalue weighted by atomic mass is 32.2. The van der Waals surface area contributed by atoms with Gasteiger partial charge in [-0.25, -0.2) is 0 Å². The smallest absolute Gasteiger partial charge is 0.250 e. The second kappa shape index (κ2) is 17.7. The highest BCUT2D eigenvalue weighted by Gasteiger charge is 2.26. The Morgan fingerprint density at radius 1 is 1.10 bits per heavy atom. The van der Waals surface area contributed by atoms with E-state index in [9.17, 15) is 19.5 Å². The maximum atomic E-state index is 12.4. The third-order valence-electron chi connectivity index (χ3n) is 3.58. The molecular weight excluding hydrogens is 404 g/mol. The molecule has 0 fully saturated rings. The van der Waals surface area contributed by atoms with E-state index in [0.717, 1.165) is 0 Å². The predicted molar refractivity (Wildman–Crippen MR) is 124 cm³/mol. The average molecular weight is 443 g/mol. The van der Waals surface area contributed by atoms with Crippen LogP contribution in [0, 0.1) is 0 Å². The maximum absolute atomic E-state index is 12.4. The Balaban J connectivity index is 0. The van der Waals surface area contributed by atoms with Crippen LogP contribution in [0.1, 0.15) is 39.3 Å². The zero-order valence-corrected chi connectivity index (χ0v) is 20.0. The Bertz CT molecular complexity index is 614. The molecule has 1 rings (SSSR count). The van der Waals surface area contributed by atoms with Crippen LogP contribution in [-0.4, -0.2) is 72.5 Å². The van der Waals surface area contributed by atoms with Crippen LogP contribution >= 0.6 is 11.8 Å². The number of carbonyl (C=O) groups excluding carboxylic acids is 3. The first-order chi connectivity index (χ1) is 14.3. The number of thioether (sulfide) groups is 1. The van der Waals surface area contributed by atoms with Crippen LogP contribution in [0.4, 0.5) is 0 Å². The number of rotatable bonds is 9. The molecule has 172 valence electrons. The fraction of sp³-hybridized carbons (Fsp3) is 0.571. The van der Waals surface area contributed by atoms with Gasteiger partial charge in [-0.1, -0.05) is 58.0 Å². The highest BCUT2D eigenvalue weighted by Crippen LogP contribution is 2.14. The Morgan fingerprint density at radius 2 is 1.63 bits per heavy atom. The van der Waals surface area contributed by atoms with Crippen molar-refractivity contribution in [3.63, 3.8) is 0 Å². The van der Waals surface area contributed by atoms with Gasteiger partial charge in [0.1, 0.15) is 12.1 Å². The second-order valence-electron chi connectivity index (χ2n) is 5.93. The molecule has 0 aliphatic heterocycles. The van der Waals surface area contributed by atoms with Crippen LogP contribution in [0.25, 0.3) is 0 Å². The van der Waals surface area contributed by atoms with Crippen LogP contribution in [0.5, 0.6) is 0 Å². The number of hydrogen-bond donors (Lipinski definition) is 4. The van der Waals surface area contributed by atoms with Gasteiger partial charge in [0.2, 0.25) is 11.8 Å². The molecule has 3 unspecified atom stereocenters. The normalized spacial score (nSPS) is 12.6. The van der Waals surface area contributed by atoms with Crippen LogP contribution in [-0.2, 0) is 14.4 Å². The number of nitrogens with one attached hydrogen (secondary N) is 2. The summed E-state index contributed by atoms with van der Waals surface area (Å²) < 4.78 is 0. The van der Waals surface area contributed by atoms with Crippen molar-refractivity contribution >= 4 is 29.5 Å². The van der Waals surface area contributed by atoms with Gasteiger partial charge in [0.25, 0.3) is 5.91 Å². The second-order valence-corrected chi connectivity index (χ2v) is 6.84. The summed E-state index contributed by atoms with van der Waals surface area (Å²) in [7, 11) is 3.19. The molecule has 0 aliphatic carbocycles. The van der Waals surface area contributed by atoms with Gasteiger partial charge in [0.15, 0.2) is 0 Å². The van der Waals surface area contributed by atoms with Crippen LogP contribution in [0.3, 0.4) is 0 Å². The molecule has 0 saturated carbocycles. The van der Waals surface area contributed by atoms with Crippen molar-refractivity contribution in [1.82, 2.24) is 15.5 Å². The quantitative estimate of drug-likeness (QED) is 0.455. The molecule has 0 aromatic heterocycles. The summed E-state index contributed by atoms with van der Waals surface area (Å²) >= 11 is 1.41. The molecular formula is C21H38N4O4S. The number of likely N-dealkylation sites (N-methyl/N-ethyl adjacent to an activating group) is 1. The van der Waals surface area contributed by atoms with E-state index >= 15 is 0 Å². The molecule has 1 aromatic rings. The van der Waals surface area contributed by atoms with Crippen molar-refractivity contribution in [2.45, 2.75) is 45.9 Å². The van der Waals surface area contributed by atoms with Crippen LogP contribution < -0.4 is 16.4 Å². The minimum absolute atomic E-state index is 0.294. The summed E-state index contributed by atoms with van der Waals surface area (Å²) in [6.45, 7) is 7.63. The van der Waals surface area contributed by atoms with E-state index in [4.69, 9.17) is 5.73 Å². The van der Waals surface area contributed by atoms with E-state index < -0.39 is 30.0 Å². The van der Waals surface area contributed by atoms with Gasteiger partial charge in [-0.05, 0) is 11.8 Å². The molecule has 0 spiro atoms. The molecule has 0 radical (unpaired) electrons. The fourth-order valence-corrected chi connectivity index (χ4v) is 2.72. The molecule has 3 amide bonds. The molecule has 8 nitrogen and oxygen atoms in total. The summed E-state index contributed by atoms with van der Waals surface area (Å²) in [4.78, 5) is 37.7. The number of amides is 3. The Labute approximate surface area is 185 Å². The van der Waals surface area contributed by atoms with Crippen LogP contribution in [0.2, 0.25) is 0 Å². The molecule has 1 aromatic carbocycles. The van der Waals surface area contributed by atoms with Gasteiger partial charge in [-0.3, -0.25) is 14.4 Å². The highest BCUT2D eigenvalue weighted by molar-refractivity contribution is 7.98. The monoisotopic (exact) mass is 442 g/mol. The standard InChI is InChI=1S/C17H26N4O4S.2C2H6/c1-21(2)17(25)14(11-7-5-4-6-8-11)20-13(22)9-19-16(24)15(23)12(18)10-26-3;2*1-2/h4-8,12,14-15,23H,9-10,18H2,1-3H3,(H,19,24)(H,20,22);2*1-2H3. The van der Waals surface area contributed by atoms with Crippen molar-refractivity contribution in [2.24, 2.45) is 5.73 Å². The average Bonchev–Trinajstić information content (AvgIpc) is 2.78. The first-order valence-corrected chi connectivity index (χ1v) is 11.4. The minimum Gasteiger partial charge on any atom is -0.382 e. The first kappa shape index (κ1) is 30.1.